The molecule has 8 heteroatoms. The molecule has 1 aliphatic heterocycles. The van der Waals surface area contributed by atoms with Gasteiger partial charge in [0.2, 0.25) is 11.8 Å². The number of rotatable bonds is 4. The quantitative estimate of drug-likeness (QED) is 0.758. The maximum atomic E-state index is 12.1. The van der Waals surface area contributed by atoms with Crippen LogP contribution in [0, 0.1) is 0 Å². The number of nitrogens with two attached hydrogens (primary N) is 1. The Bertz CT molecular complexity index is 553. The average Bonchev–Trinajstić information content (AvgIpc) is 2.44. The Balaban J connectivity index is 2.00. The first-order chi connectivity index (χ1) is 9.99. The van der Waals surface area contributed by atoms with E-state index in [1.807, 2.05) is 0 Å². The van der Waals surface area contributed by atoms with Crippen molar-refractivity contribution in [3.63, 3.8) is 0 Å². The Labute approximate surface area is 132 Å². The zero-order valence-electron chi connectivity index (χ0n) is 11.2. The van der Waals surface area contributed by atoms with Crippen LogP contribution in [0.5, 0.6) is 0 Å². The maximum Gasteiger partial charge on any atom is 0.238 e. The summed E-state index contributed by atoms with van der Waals surface area (Å²) in [4.78, 5) is 25.2. The molecule has 1 heterocycles. The fraction of sp³-hybridized carbons (Fsp3) is 0.385. The van der Waals surface area contributed by atoms with Crippen molar-refractivity contribution in [3.8, 4) is 0 Å². The molecule has 0 saturated carbocycles. The van der Waals surface area contributed by atoms with Gasteiger partial charge in [-0.15, -0.1) is 0 Å². The van der Waals surface area contributed by atoms with Gasteiger partial charge in [-0.05, 0) is 12.1 Å². The number of nitrogens with one attached hydrogen (secondary N) is 2. The smallest absolute Gasteiger partial charge is 0.238 e. The van der Waals surface area contributed by atoms with E-state index < -0.39 is 11.9 Å². The number of carbonyl (C=O) groups is 2. The molecule has 0 bridgehead atoms. The molecule has 2 rings (SSSR count). The first kappa shape index (κ1) is 16.0. The van der Waals surface area contributed by atoms with E-state index in [-0.39, 0.29) is 12.5 Å². The fourth-order valence-corrected chi connectivity index (χ4v) is 2.54. The number of piperazine rings is 1. The highest BCUT2D eigenvalue weighted by Crippen LogP contribution is 2.29. The van der Waals surface area contributed by atoms with Crippen molar-refractivity contribution < 1.29 is 9.59 Å². The number of hydrogen-bond donors (Lipinski definition) is 3. The molecule has 21 heavy (non-hydrogen) atoms. The second-order valence-electron chi connectivity index (χ2n) is 4.74. The van der Waals surface area contributed by atoms with Crippen molar-refractivity contribution in [1.29, 1.82) is 0 Å². The van der Waals surface area contributed by atoms with Crippen molar-refractivity contribution in [2.24, 2.45) is 5.73 Å². The molecule has 4 N–H and O–H groups in total. The molecule has 0 radical (unpaired) electrons. The lowest BCUT2D eigenvalue weighted by molar-refractivity contribution is -0.125. The largest absolute Gasteiger partial charge is 0.368 e. The van der Waals surface area contributed by atoms with Crippen LogP contribution >= 0.6 is 23.2 Å². The minimum absolute atomic E-state index is 0.0676. The van der Waals surface area contributed by atoms with Crippen LogP contribution in [0.25, 0.3) is 0 Å². The van der Waals surface area contributed by atoms with Crippen LogP contribution < -0.4 is 16.4 Å². The van der Waals surface area contributed by atoms with Crippen LogP contribution in [0.15, 0.2) is 18.2 Å². The predicted octanol–water partition coefficient (Wildman–Crippen LogP) is 0.691. The summed E-state index contributed by atoms with van der Waals surface area (Å²) in [5.41, 5.74) is 5.78. The molecule has 0 spiro atoms. The van der Waals surface area contributed by atoms with Gasteiger partial charge >= 0.3 is 0 Å². The lowest BCUT2D eigenvalue weighted by Crippen LogP contribution is -2.58. The molecule has 0 aliphatic carbocycles. The molecule has 1 aliphatic rings. The Kier molecular flexibility index (Phi) is 5.41. The Morgan fingerprint density at radius 1 is 1.43 bits per heavy atom. The van der Waals surface area contributed by atoms with Gasteiger partial charge in [0.05, 0.1) is 22.3 Å². The zero-order chi connectivity index (χ0) is 15.4. The summed E-state index contributed by atoms with van der Waals surface area (Å²) in [5, 5.41) is 6.42. The number of benzene rings is 1. The summed E-state index contributed by atoms with van der Waals surface area (Å²) in [6, 6.07) is 4.51. The summed E-state index contributed by atoms with van der Waals surface area (Å²) in [5.74, 6) is -0.719. The van der Waals surface area contributed by atoms with Crippen LogP contribution in [0.1, 0.15) is 0 Å². The summed E-state index contributed by atoms with van der Waals surface area (Å²) in [6.45, 7) is 1.79. The number of hydrogen-bond acceptors (Lipinski definition) is 4. The van der Waals surface area contributed by atoms with Gasteiger partial charge in [0, 0.05) is 19.6 Å². The summed E-state index contributed by atoms with van der Waals surface area (Å²) in [7, 11) is 0. The molecular formula is C13H16Cl2N4O2. The Morgan fingerprint density at radius 2 is 2.19 bits per heavy atom. The normalized spacial score (nSPS) is 19.2. The molecular weight excluding hydrogens is 315 g/mol. The number of halogens is 2. The van der Waals surface area contributed by atoms with Gasteiger partial charge in [-0.25, -0.2) is 0 Å². The van der Waals surface area contributed by atoms with Gasteiger partial charge in [0.25, 0.3) is 0 Å². The van der Waals surface area contributed by atoms with E-state index in [9.17, 15) is 9.59 Å². The zero-order valence-corrected chi connectivity index (χ0v) is 12.7. The van der Waals surface area contributed by atoms with Gasteiger partial charge in [-0.2, -0.15) is 0 Å². The topological polar surface area (TPSA) is 87.5 Å². The van der Waals surface area contributed by atoms with Gasteiger partial charge in [0.1, 0.15) is 6.04 Å². The molecule has 2 amide bonds. The van der Waals surface area contributed by atoms with Gasteiger partial charge in [-0.3, -0.25) is 14.5 Å². The van der Waals surface area contributed by atoms with E-state index in [1.54, 1.807) is 23.1 Å². The standard InChI is InChI=1S/C13H16Cl2N4O2/c14-8-2-1-3-9(12(8)15)18-11(20)7-19-5-4-17-6-10(19)13(16)21/h1-3,10,17H,4-7H2,(H2,16,21)(H,18,20). The monoisotopic (exact) mass is 330 g/mol. The molecule has 1 aromatic rings. The molecule has 0 aromatic heterocycles. The first-order valence-electron chi connectivity index (χ1n) is 6.47. The molecule has 114 valence electrons. The highest BCUT2D eigenvalue weighted by atomic mass is 35.5. The van der Waals surface area contributed by atoms with E-state index in [2.05, 4.69) is 10.6 Å². The highest BCUT2D eigenvalue weighted by molar-refractivity contribution is 6.44. The predicted molar refractivity (Wildman–Crippen MR) is 82.5 cm³/mol. The number of carbonyl (C=O) groups excluding carboxylic acids is 2. The fourth-order valence-electron chi connectivity index (χ4n) is 2.19. The number of anilines is 1. The Hall–Kier alpha value is -1.34. The van der Waals surface area contributed by atoms with E-state index in [1.165, 1.54) is 0 Å². The minimum atomic E-state index is -0.487. The van der Waals surface area contributed by atoms with Gasteiger partial charge in [-0.1, -0.05) is 29.3 Å². The van der Waals surface area contributed by atoms with E-state index >= 15 is 0 Å². The van der Waals surface area contributed by atoms with Crippen LogP contribution in [-0.4, -0.2) is 48.9 Å². The SMILES string of the molecule is NC(=O)C1CNCCN1CC(=O)Nc1cccc(Cl)c1Cl. The third-order valence-electron chi connectivity index (χ3n) is 3.26. The minimum Gasteiger partial charge on any atom is -0.368 e. The van der Waals surface area contributed by atoms with E-state index in [0.29, 0.717) is 35.4 Å². The van der Waals surface area contributed by atoms with Crippen LogP contribution in [0.4, 0.5) is 5.69 Å². The molecule has 6 nitrogen and oxygen atoms in total. The third kappa shape index (κ3) is 4.07. The van der Waals surface area contributed by atoms with Crippen LogP contribution in [0.2, 0.25) is 10.0 Å². The van der Waals surface area contributed by atoms with Crippen molar-refractivity contribution in [2.45, 2.75) is 6.04 Å². The van der Waals surface area contributed by atoms with Crippen LogP contribution in [-0.2, 0) is 9.59 Å². The van der Waals surface area contributed by atoms with E-state index in [4.69, 9.17) is 28.9 Å². The molecule has 1 unspecified atom stereocenters. The second-order valence-corrected chi connectivity index (χ2v) is 5.53. The van der Waals surface area contributed by atoms with Crippen molar-refractivity contribution in [2.75, 3.05) is 31.5 Å². The summed E-state index contributed by atoms with van der Waals surface area (Å²) >= 11 is 11.9. The highest BCUT2D eigenvalue weighted by Gasteiger charge is 2.28. The first-order valence-corrected chi connectivity index (χ1v) is 7.22. The molecule has 1 fully saturated rings. The third-order valence-corrected chi connectivity index (χ3v) is 4.07. The number of amides is 2. The average molecular weight is 331 g/mol. The van der Waals surface area contributed by atoms with Gasteiger partial charge in [0.15, 0.2) is 0 Å². The maximum absolute atomic E-state index is 12.1. The lowest BCUT2D eigenvalue weighted by Gasteiger charge is -2.33. The number of primary amides is 1. The molecule has 1 atom stereocenters. The van der Waals surface area contributed by atoms with Gasteiger partial charge < -0.3 is 16.4 Å². The van der Waals surface area contributed by atoms with Crippen molar-refractivity contribution >= 4 is 40.7 Å². The lowest BCUT2D eigenvalue weighted by atomic mass is 10.2. The second kappa shape index (κ2) is 7.09. The molecule has 1 saturated heterocycles. The summed E-state index contributed by atoms with van der Waals surface area (Å²) in [6.07, 6.45) is 0. The number of nitrogens with zero attached hydrogens (tertiary/aromatic N) is 1. The van der Waals surface area contributed by atoms with Crippen molar-refractivity contribution in [3.05, 3.63) is 28.2 Å². The van der Waals surface area contributed by atoms with Crippen LogP contribution in [0.3, 0.4) is 0 Å². The molecule has 1 aromatic carbocycles. The van der Waals surface area contributed by atoms with Crippen molar-refractivity contribution in [1.82, 2.24) is 10.2 Å². The Morgan fingerprint density at radius 3 is 2.90 bits per heavy atom. The summed E-state index contributed by atoms with van der Waals surface area (Å²) < 4.78 is 0. The van der Waals surface area contributed by atoms with E-state index in [0.717, 1.165) is 0 Å².